The summed E-state index contributed by atoms with van der Waals surface area (Å²) < 4.78 is 5.78. The lowest BCUT2D eigenvalue weighted by atomic mass is 10.1. The highest BCUT2D eigenvalue weighted by molar-refractivity contribution is 9.10. The van der Waals surface area contributed by atoms with Gasteiger partial charge in [-0.2, -0.15) is 0 Å². The molecule has 2 rings (SSSR count). The third kappa shape index (κ3) is 5.99. The van der Waals surface area contributed by atoms with Crippen LogP contribution in [0, 0.1) is 0 Å². The van der Waals surface area contributed by atoms with E-state index in [1.807, 2.05) is 24.1 Å². The minimum atomic E-state index is -0.473. The van der Waals surface area contributed by atoms with Crippen molar-refractivity contribution >= 4 is 33.5 Å². The van der Waals surface area contributed by atoms with Crippen LogP contribution in [0.1, 0.15) is 15.9 Å². The predicted octanol–water partition coefficient (Wildman–Crippen LogP) is 3.35. The van der Waals surface area contributed by atoms with Gasteiger partial charge in [-0.1, -0.05) is 40.2 Å². The summed E-state index contributed by atoms with van der Waals surface area (Å²) in [6.07, 6.45) is 0.857. The van der Waals surface area contributed by atoms with Gasteiger partial charge in [-0.05, 0) is 43.3 Å². The maximum Gasteiger partial charge on any atom is 0.339 e. The van der Waals surface area contributed by atoms with Crippen molar-refractivity contribution in [2.75, 3.05) is 32.6 Å². The molecule has 0 radical (unpaired) electrons. The van der Waals surface area contributed by atoms with Crippen molar-refractivity contribution in [2.24, 2.45) is 0 Å². The summed E-state index contributed by atoms with van der Waals surface area (Å²) in [6.45, 7) is 1.000. The summed E-state index contributed by atoms with van der Waals surface area (Å²) in [4.78, 5) is 25.9. The van der Waals surface area contributed by atoms with Crippen molar-refractivity contribution in [3.8, 4) is 0 Å². The fraction of sp³-hybridized carbons (Fsp3) is 0.263. The van der Waals surface area contributed by atoms with Gasteiger partial charge in [0.15, 0.2) is 0 Å². The number of para-hydroxylation sites is 1. The molecule has 0 heterocycles. The molecular weight excluding hydrogens is 384 g/mol. The van der Waals surface area contributed by atoms with E-state index in [-0.39, 0.29) is 12.5 Å². The van der Waals surface area contributed by atoms with Gasteiger partial charge in [-0.3, -0.25) is 9.69 Å². The van der Waals surface area contributed by atoms with Crippen molar-refractivity contribution in [3.05, 3.63) is 64.1 Å². The predicted molar refractivity (Wildman–Crippen MR) is 102 cm³/mol. The topological polar surface area (TPSA) is 58.6 Å². The Balaban J connectivity index is 1.87. The van der Waals surface area contributed by atoms with Crippen molar-refractivity contribution in [3.63, 3.8) is 0 Å². The number of carbonyl (C=O) groups excluding carboxylic acids is 2. The first kappa shape index (κ1) is 19.1. The molecule has 0 aliphatic heterocycles. The molecule has 0 aliphatic carbocycles. The minimum Gasteiger partial charge on any atom is -0.465 e. The summed E-state index contributed by atoms with van der Waals surface area (Å²) in [7, 11) is 3.21. The highest BCUT2D eigenvalue weighted by Crippen LogP contribution is 2.16. The van der Waals surface area contributed by atoms with Crippen molar-refractivity contribution in [1.29, 1.82) is 0 Å². The van der Waals surface area contributed by atoms with Crippen LogP contribution >= 0.6 is 15.9 Å². The number of likely N-dealkylation sites (N-methyl/N-ethyl adjacent to an activating group) is 1. The van der Waals surface area contributed by atoms with E-state index in [0.717, 1.165) is 17.4 Å². The molecule has 25 heavy (non-hydrogen) atoms. The fourth-order valence-electron chi connectivity index (χ4n) is 2.37. The van der Waals surface area contributed by atoms with Gasteiger partial charge in [0.05, 0.1) is 24.9 Å². The minimum absolute atomic E-state index is 0.172. The van der Waals surface area contributed by atoms with Crippen LogP contribution in [-0.4, -0.2) is 44.0 Å². The van der Waals surface area contributed by atoms with Crippen LogP contribution in [0.3, 0.4) is 0 Å². The van der Waals surface area contributed by atoms with Crippen LogP contribution in [-0.2, 0) is 16.0 Å². The summed E-state index contributed by atoms with van der Waals surface area (Å²) in [5.74, 6) is -0.644. The molecule has 0 spiro atoms. The number of rotatable bonds is 7. The molecule has 0 saturated carbocycles. The second-order valence-corrected chi connectivity index (χ2v) is 6.62. The van der Waals surface area contributed by atoms with E-state index in [4.69, 9.17) is 4.74 Å². The lowest BCUT2D eigenvalue weighted by molar-refractivity contribution is -0.117. The summed E-state index contributed by atoms with van der Waals surface area (Å²) in [5, 5.41) is 2.77. The molecule has 132 valence electrons. The average molecular weight is 405 g/mol. The first-order valence-corrected chi connectivity index (χ1v) is 8.69. The van der Waals surface area contributed by atoms with Crippen LogP contribution in [0.4, 0.5) is 5.69 Å². The van der Waals surface area contributed by atoms with Crippen LogP contribution in [0.15, 0.2) is 53.0 Å². The number of hydrogen-bond donors (Lipinski definition) is 1. The molecule has 2 aromatic rings. The normalized spacial score (nSPS) is 10.6. The number of nitrogens with one attached hydrogen (secondary N) is 1. The van der Waals surface area contributed by atoms with Gasteiger partial charge < -0.3 is 10.1 Å². The standard InChI is InChI=1S/C19H21BrN2O3/c1-22(12-11-14-7-9-15(20)10-8-14)13-18(23)21-17-6-4-3-5-16(17)19(24)25-2/h3-10H,11-13H2,1-2H3,(H,21,23). The zero-order valence-corrected chi connectivity index (χ0v) is 15.9. The largest absolute Gasteiger partial charge is 0.465 e. The maximum atomic E-state index is 12.2. The summed E-state index contributed by atoms with van der Waals surface area (Å²) in [6, 6.07) is 14.9. The number of methoxy groups -OCH3 is 1. The molecule has 5 nitrogen and oxygen atoms in total. The third-order valence-electron chi connectivity index (χ3n) is 3.72. The average Bonchev–Trinajstić information content (AvgIpc) is 2.61. The van der Waals surface area contributed by atoms with E-state index in [9.17, 15) is 9.59 Å². The Kier molecular flexibility index (Phi) is 7.16. The number of anilines is 1. The van der Waals surface area contributed by atoms with Crippen molar-refractivity contribution in [2.45, 2.75) is 6.42 Å². The Labute approximate surface area is 156 Å². The number of ether oxygens (including phenoxy) is 1. The molecule has 1 N–H and O–H groups in total. The van der Waals surface area contributed by atoms with Gasteiger partial charge in [0.25, 0.3) is 0 Å². The number of carbonyl (C=O) groups is 2. The third-order valence-corrected chi connectivity index (χ3v) is 4.24. The molecule has 1 amide bonds. The molecule has 0 saturated heterocycles. The number of amides is 1. The van der Waals surface area contributed by atoms with Gasteiger partial charge in [-0.15, -0.1) is 0 Å². The number of hydrogen-bond acceptors (Lipinski definition) is 4. The molecule has 0 bridgehead atoms. The Morgan fingerprint density at radius 1 is 1.12 bits per heavy atom. The zero-order chi connectivity index (χ0) is 18.2. The lowest BCUT2D eigenvalue weighted by Crippen LogP contribution is -2.32. The highest BCUT2D eigenvalue weighted by Gasteiger charge is 2.14. The van der Waals surface area contributed by atoms with E-state index in [1.54, 1.807) is 24.3 Å². The quantitative estimate of drug-likeness (QED) is 0.718. The highest BCUT2D eigenvalue weighted by atomic mass is 79.9. The Morgan fingerprint density at radius 2 is 1.80 bits per heavy atom. The molecule has 2 aromatic carbocycles. The summed E-state index contributed by atoms with van der Waals surface area (Å²) in [5.41, 5.74) is 2.02. The van der Waals surface area contributed by atoms with Crippen LogP contribution in [0.5, 0.6) is 0 Å². The second-order valence-electron chi connectivity index (χ2n) is 5.70. The van der Waals surface area contributed by atoms with E-state index in [0.29, 0.717) is 11.3 Å². The Morgan fingerprint density at radius 3 is 2.48 bits per heavy atom. The molecule has 0 aliphatic rings. The van der Waals surface area contributed by atoms with E-state index in [2.05, 4.69) is 33.4 Å². The molecule has 0 aromatic heterocycles. The molecule has 0 atom stereocenters. The number of esters is 1. The van der Waals surface area contributed by atoms with Gasteiger partial charge in [-0.25, -0.2) is 4.79 Å². The van der Waals surface area contributed by atoms with Crippen LogP contribution < -0.4 is 5.32 Å². The monoisotopic (exact) mass is 404 g/mol. The molecular formula is C19H21BrN2O3. The first-order chi connectivity index (χ1) is 12.0. The number of halogens is 1. The second kappa shape index (κ2) is 9.34. The van der Waals surface area contributed by atoms with E-state index >= 15 is 0 Å². The van der Waals surface area contributed by atoms with Crippen LogP contribution in [0.2, 0.25) is 0 Å². The molecule has 6 heteroatoms. The number of nitrogens with zero attached hydrogens (tertiary/aromatic N) is 1. The van der Waals surface area contributed by atoms with E-state index in [1.165, 1.54) is 12.7 Å². The van der Waals surface area contributed by atoms with Gasteiger partial charge in [0.1, 0.15) is 0 Å². The first-order valence-electron chi connectivity index (χ1n) is 7.90. The summed E-state index contributed by atoms with van der Waals surface area (Å²) >= 11 is 3.41. The number of benzene rings is 2. The van der Waals surface area contributed by atoms with Crippen molar-refractivity contribution in [1.82, 2.24) is 4.90 Å². The molecule has 0 unspecified atom stereocenters. The maximum absolute atomic E-state index is 12.2. The smallest absolute Gasteiger partial charge is 0.339 e. The van der Waals surface area contributed by atoms with Gasteiger partial charge in [0, 0.05) is 11.0 Å². The fourth-order valence-corrected chi connectivity index (χ4v) is 2.63. The SMILES string of the molecule is COC(=O)c1ccccc1NC(=O)CN(C)CCc1ccc(Br)cc1. The zero-order valence-electron chi connectivity index (χ0n) is 14.3. The molecule has 0 fully saturated rings. The Hall–Kier alpha value is -2.18. The van der Waals surface area contributed by atoms with E-state index < -0.39 is 5.97 Å². The lowest BCUT2D eigenvalue weighted by Gasteiger charge is -2.17. The van der Waals surface area contributed by atoms with Crippen LogP contribution in [0.25, 0.3) is 0 Å². The van der Waals surface area contributed by atoms with Gasteiger partial charge >= 0.3 is 5.97 Å². The van der Waals surface area contributed by atoms with Crippen molar-refractivity contribution < 1.29 is 14.3 Å². The van der Waals surface area contributed by atoms with Gasteiger partial charge in [0.2, 0.25) is 5.91 Å². The Bertz CT molecular complexity index is 732.